The molecule has 0 aromatic heterocycles. The monoisotopic (exact) mass is 368 g/mol. The van der Waals surface area contributed by atoms with Crippen molar-refractivity contribution in [2.24, 2.45) is 0 Å². The van der Waals surface area contributed by atoms with E-state index < -0.39 is 0 Å². The van der Waals surface area contributed by atoms with Crippen molar-refractivity contribution >= 4 is 22.6 Å². The van der Waals surface area contributed by atoms with E-state index in [9.17, 15) is 0 Å². The number of alkyl halides is 1. The summed E-state index contributed by atoms with van der Waals surface area (Å²) >= 11 is 2.36. The molecule has 1 aliphatic carbocycles. The molecule has 108 valence electrons. The second-order valence-corrected chi connectivity index (χ2v) is 6.65. The maximum Gasteiger partial charge on any atom is 0.108 e. The lowest BCUT2D eigenvalue weighted by Gasteiger charge is -2.27. The maximum atomic E-state index is 6.22. The normalized spacial score (nSPS) is 20.8. The zero-order chi connectivity index (χ0) is 13.2. The van der Waals surface area contributed by atoms with Crippen LogP contribution in [0.15, 0.2) is 0 Å². The van der Waals surface area contributed by atoms with E-state index in [0.29, 0.717) is 16.3 Å². The van der Waals surface area contributed by atoms with E-state index >= 15 is 0 Å². The summed E-state index contributed by atoms with van der Waals surface area (Å²) in [4.78, 5) is 0. The van der Waals surface area contributed by atoms with Crippen LogP contribution in [0, 0.1) is 0 Å². The van der Waals surface area contributed by atoms with Crippen LogP contribution in [0.5, 0.6) is 0 Å². The molecule has 0 aromatic carbocycles. The van der Waals surface area contributed by atoms with Crippen LogP contribution >= 0.6 is 22.6 Å². The van der Waals surface area contributed by atoms with E-state index in [-0.39, 0.29) is 0 Å². The third-order valence-corrected chi connectivity index (χ3v) is 4.92. The van der Waals surface area contributed by atoms with Crippen molar-refractivity contribution in [3.8, 4) is 0 Å². The van der Waals surface area contributed by atoms with Crippen LogP contribution in [0.25, 0.3) is 0 Å². The van der Waals surface area contributed by atoms with E-state index in [4.69, 9.17) is 9.47 Å². The Balaban J connectivity index is 2.08. The molecule has 1 saturated carbocycles. The summed E-state index contributed by atoms with van der Waals surface area (Å²) in [5.41, 5.74) is 0. The average molecular weight is 368 g/mol. The molecule has 0 spiro atoms. The second kappa shape index (κ2) is 10.4. The van der Waals surface area contributed by atoms with E-state index in [1.165, 1.54) is 32.1 Å². The average Bonchev–Trinajstić information content (AvgIpc) is 2.43. The van der Waals surface area contributed by atoms with Crippen LogP contribution in [0.4, 0.5) is 0 Å². The summed E-state index contributed by atoms with van der Waals surface area (Å²) in [7, 11) is 0. The Morgan fingerprint density at radius 3 is 2.44 bits per heavy atom. The van der Waals surface area contributed by atoms with Gasteiger partial charge in [-0.1, -0.05) is 55.7 Å². The maximum absolute atomic E-state index is 6.22. The molecule has 2 unspecified atom stereocenters. The quantitative estimate of drug-likeness (QED) is 0.321. The Morgan fingerprint density at radius 2 is 1.83 bits per heavy atom. The summed E-state index contributed by atoms with van der Waals surface area (Å²) in [5, 5.41) is 0. The van der Waals surface area contributed by atoms with Gasteiger partial charge >= 0.3 is 0 Å². The first-order valence-electron chi connectivity index (χ1n) is 7.67. The zero-order valence-corrected chi connectivity index (χ0v) is 14.2. The molecule has 0 saturated heterocycles. The van der Waals surface area contributed by atoms with Crippen LogP contribution in [0.3, 0.4) is 0 Å². The fourth-order valence-corrected chi connectivity index (χ4v) is 2.74. The van der Waals surface area contributed by atoms with Gasteiger partial charge in [-0.2, -0.15) is 0 Å². The first kappa shape index (κ1) is 16.7. The van der Waals surface area contributed by atoms with Gasteiger partial charge in [-0.3, -0.25) is 0 Å². The molecule has 2 nitrogen and oxygen atoms in total. The minimum absolute atomic E-state index is 0.377. The van der Waals surface area contributed by atoms with Gasteiger partial charge in [-0.15, -0.1) is 0 Å². The topological polar surface area (TPSA) is 18.5 Å². The van der Waals surface area contributed by atoms with Crippen molar-refractivity contribution in [1.82, 2.24) is 0 Å². The highest BCUT2D eigenvalue weighted by molar-refractivity contribution is 14.1. The Bertz CT molecular complexity index is 193. The number of halogens is 1. The minimum atomic E-state index is 0.377. The molecule has 0 aromatic rings. The molecular weight excluding hydrogens is 339 g/mol. The highest BCUT2D eigenvalue weighted by Gasteiger charge is 2.18. The van der Waals surface area contributed by atoms with E-state index in [0.717, 1.165) is 32.3 Å². The van der Waals surface area contributed by atoms with E-state index in [1.807, 2.05) is 0 Å². The molecule has 18 heavy (non-hydrogen) atoms. The van der Waals surface area contributed by atoms with Crippen molar-refractivity contribution in [1.29, 1.82) is 0 Å². The van der Waals surface area contributed by atoms with Crippen molar-refractivity contribution in [3.05, 3.63) is 0 Å². The van der Waals surface area contributed by atoms with Crippen molar-refractivity contribution in [2.45, 2.75) is 88.0 Å². The highest BCUT2D eigenvalue weighted by atomic mass is 127. The SMILES string of the molecule is CCC(I)OCCCC(CC)OC1CCCCC1. The summed E-state index contributed by atoms with van der Waals surface area (Å²) in [6.07, 6.45) is 12.2. The van der Waals surface area contributed by atoms with Crippen LogP contribution in [-0.4, -0.2) is 22.9 Å². The molecule has 3 heteroatoms. The van der Waals surface area contributed by atoms with Gasteiger partial charge in [-0.25, -0.2) is 0 Å². The third kappa shape index (κ3) is 7.29. The van der Waals surface area contributed by atoms with Crippen LogP contribution < -0.4 is 0 Å². The third-order valence-electron chi connectivity index (χ3n) is 3.68. The summed E-state index contributed by atoms with van der Waals surface area (Å²) in [6, 6.07) is 0. The van der Waals surface area contributed by atoms with Crippen molar-refractivity contribution < 1.29 is 9.47 Å². The molecule has 0 amide bonds. The molecule has 1 aliphatic rings. The Labute approximate surface area is 126 Å². The predicted octanol–water partition coefficient (Wildman–Crippen LogP) is 5.08. The standard InChI is InChI=1S/C15H29IO2/c1-3-13(11-8-12-17-15(16)4-2)18-14-9-6-5-7-10-14/h13-15H,3-12H2,1-2H3. The highest BCUT2D eigenvalue weighted by Crippen LogP contribution is 2.23. The van der Waals surface area contributed by atoms with Crippen molar-refractivity contribution in [2.75, 3.05) is 6.61 Å². The van der Waals surface area contributed by atoms with Crippen LogP contribution in [0.2, 0.25) is 0 Å². The molecule has 0 bridgehead atoms. The lowest BCUT2D eigenvalue weighted by Crippen LogP contribution is -2.24. The molecule has 1 rings (SSSR count). The van der Waals surface area contributed by atoms with Gasteiger partial charge in [0.25, 0.3) is 0 Å². The van der Waals surface area contributed by atoms with Gasteiger partial charge in [0.1, 0.15) is 4.11 Å². The van der Waals surface area contributed by atoms with Gasteiger partial charge in [0.15, 0.2) is 0 Å². The second-order valence-electron chi connectivity index (χ2n) is 5.26. The molecule has 0 radical (unpaired) electrons. The fourth-order valence-electron chi connectivity index (χ4n) is 2.48. The number of ether oxygens (including phenoxy) is 2. The number of rotatable bonds is 9. The first-order chi connectivity index (χ1) is 8.76. The smallest absolute Gasteiger partial charge is 0.108 e. The van der Waals surface area contributed by atoms with Gasteiger partial charge in [0, 0.05) is 6.61 Å². The molecule has 2 atom stereocenters. The summed E-state index contributed by atoms with van der Waals surface area (Å²) in [5.74, 6) is 0. The number of hydrogen-bond acceptors (Lipinski definition) is 2. The predicted molar refractivity (Wildman–Crippen MR) is 85.3 cm³/mol. The van der Waals surface area contributed by atoms with Crippen molar-refractivity contribution in [3.63, 3.8) is 0 Å². The fraction of sp³-hybridized carbons (Fsp3) is 1.00. The van der Waals surface area contributed by atoms with Crippen LogP contribution in [-0.2, 0) is 9.47 Å². The van der Waals surface area contributed by atoms with Gasteiger partial charge in [0.05, 0.1) is 12.2 Å². The molecular formula is C15H29IO2. The molecule has 0 heterocycles. The van der Waals surface area contributed by atoms with E-state index in [2.05, 4.69) is 36.4 Å². The first-order valence-corrected chi connectivity index (χ1v) is 8.92. The summed E-state index contributed by atoms with van der Waals surface area (Å²) < 4.78 is 12.3. The Morgan fingerprint density at radius 1 is 1.11 bits per heavy atom. The van der Waals surface area contributed by atoms with Gasteiger partial charge in [-0.05, 0) is 38.5 Å². The summed E-state index contributed by atoms with van der Waals surface area (Å²) in [6.45, 7) is 5.28. The molecule has 0 aliphatic heterocycles. The van der Waals surface area contributed by atoms with Gasteiger partial charge < -0.3 is 9.47 Å². The minimum Gasteiger partial charge on any atom is -0.375 e. The largest absolute Gasteiger partial charge is 0.375 e. The van der Waals surface area contributed by atoms with Crippen LogP contribution in [0.1, 0.15) is 71.6 Å². The van der Waals surface area contributed by atoms with E-state index in [1.54, 1.807) is 0 Å². The lowest BCUT2D eigenvalue weighted by molar-refractivity contribution is -0.0385. The Kier molecular flexibility index (Phi) is 9.69. The zero-order valence-electron chi connectivity index (χ0n) is 12.0. The van der Waals surface area contributed by atoms with Gasteiger partial charge in [0.2, 0.25) is 0 Å². The molecule has 0 N–H and O–H groups in total. The Hall–Kier alpha value is 0.650. The lowest BCUT2D eigenvalue weighted by atomic mass is 9.97. The molecule has 1 fully saturated rings. The number of hydrogen-bond donors (Lipinski definition) is 0.